The maximum Gasteiger partial charge on any atom is 0.168 e. The first-order valence-corrected chi connectivity index (χ1v) is 7.67. The minimum atomic E-state index is 0.737. The molecule has 0 amide bonds. The molecule has 0 aliphatic rings. The molecule has 0 aliphatic carbocycles. The van der Waals surface area contributed by atoms with Crippen molar-refractivity contribution in [3.8, 4) is 5.82 Å². The van der Waals surface area contributed by atoms with E-state index in [-0.39, 0.29) is 0 Å². The summed E-state index contributed by atoms with van der Waals surface area (Å²) in [5.74, 6) is 1.58. The highest BCUT2D eigenvalue weighted by Gasteiger charge is 2.18. The van der Waals surface area contributed by atoms with Crippen molar-refractivity contribution < 1.29 is 0 Å². The van der Waals surface area contributed by atoms with Crippen LogP contribution in [0.1, 0.15) is 17.1 Å². The Morgan fingerprint density at radius 1 is 1.05 bits per heavy atom. The number of hydrogen-bond acceptors (Lipinski definition) is 4. The molecule has 0 saturated heterocycles. The van der Waals surface area contributed by atoms with Gasteiger partial charge >= 0.3 is 0 Å². The summed E-state index contributed by atoms with van der Waals surface area (Å²) in [7, 11) is 0. The lowest BCUT2D eigenvalue weighted by Crippen LogP contribution is -2.01. The molecule has 0 atom stereocenters. The lowest BCUT2D eigenvalue weighted by atomic mass is 10.2. The first kappa shape index (κ1) is 13.4. The average molecular weight is 357 g/mol. The fourth-order valence-corrected chi connectivity index (χ4v) is 2.98. The SMILES string of the molecule is Cc1nc2c3c(C)c(C)n(-c4ccc(Br)cn4)c3ncn2n1. The number of aromatic nitrogens is 6. The zero-order valence-corrected chi connectivity index (χ0v) is 14.0. The van der Waals surface area contributed by atoms with Crippen LogP contribution < -0.4 is 0 Å². The quantitative estimate of drug-likeness (QED) is 0.525. The van der Waals surface area contributed by atoms with Crippen molar-refractivity contribution in [1.82, 2.24) is 29.1 Å². The van der Waals surface area contributed by atoms with Crippen LogP contribution in [0.2, 0.25) is 0 Å². The molecule has 4 aromatic rings. The van der Waals surface area contributed by atoms with Crippen molar-refractivity contribution in [2.24, 2.45) is 0 Å². The second-order valence-corrected chi connectivity index (χ2v) is 6.17. The lowest BCUT2D eigenvalue weighted by molar-refractivity contribution is 0.898. The van der Waals surface area contributed by atoms with Gasteiger partial charge in [0.15, 0.2) is 11.3 Å². The van der Waals surface area contributed by atoms with Crippen LogP contribution in [-0.4, -0.2) is 29.1 Å². The zero-order chi connectivity index (χ0) is 15.4. The van der Waals surface area contributed by atoms with Crippen LogP contribution in [-0.2, 0) is 0 Å². The van der Waals surface area contributed by atoms with Crippen molar-refractivity contribution in [1.29, 1.82) is 0 Å². The summed E-state index contributed by atoms with van der Waals surface area (Å²) in [5, 5.41) is 5.36. The number of rotatable bonds is 1. The smallest absolute Gasteiger partial charge is 0.168 e. The van der Waals surface area contributed by atoms with Crippen molar-refractivity contribution in [3.05, 3.63) is 46.2 Å². The number of pyridine rings is 1. The monoisotopic (exact) mass is 356 g/mol. The van der Waals surface area contributed by atoms with Gasteiger partial charge in [0.1, 0.15) is 18.0 Å². The van der Waals surface area contributed by atoms with E-state index < -0.39 is 0 Å². The van der Waals surface area contributed by atoms with E-state index in [2.05, 4.69) is 54.4 Å². The second kappa shape index (κ2) is 4.61. The van der Waals surface area contributed by atoms with Crippen LogP contribution in [0.3, 0.4) is 0 Å². The molecule has 110 valence electrons. The Kier molecular flexibility index (Phi) is 2.80. The molecule has 0 saturated carbocycles. The minimum absolute atomic E-state index is 0.737. The molecule has 4 rings (SSSR count). The van der Waals surface area contributed by atoms with Gasteiger partial charge in [-0.15, -0.1) is 0 Å². The molecule has 6 nitrogen and oxygen atoms in total. The van der Waals surface area contributed by atoms with Crippen molar-refractivity contribution in [2.75, 3.05) is 0 Å². The summed E-state index contributed by atoms with van der Waals surface area (Å²) in [6.45, 7) is 6.04. The third kappa shape index (κ3) is 1.78. The van der Waals surface area contributed by atoms with Crippen LogP contribution in [0.25, 0.3) is 22.5 Å². The Morgan fingerprint density at radius 3 is 2.59 bits per heavy atom. The number of hydrogen-bond donors (Lipinski definition) is 0. The highest BCUT2D eigenvalue weighted by Crippen LogP contribution is 2.29. The van der Waals surface area contributed by atoms with Crippen LogP contribution in [0.5, 0.6) is 0 Å². The molecule has 0 fully saturated rings. The molecule has 0 bridgehead atoms. The van der Waals surface area contributed by atoms with Gasteiger partial charge in [-0.2, -0.15) is 5.10 Å². The lowest BCUT2D eigenvalue weighted by Gasteiger charge is -2.06. The number of fused-ring (bicyclic) bond motifs is 3. The molecule has 0 radical (unpaired) electrons. The molecular weight excluding hydrogens is 344 g/mol. The highest BCUT2D eigenvalue weighted by atomic mass is 79.9. The summed E-state index contributed by atoms with van der Waals surface area (Å²) >= 11 is 3.42. The van der Waals surface area contributed by atoms with E-state index in [1.54, 1.807) is 17.0 Å². The fourth-order valence-electron chi connectivity index (χ4n) is 2.75. The highest BCUT2D eigenvalue weighted by molar-refractivity contribution is 9.10. The van der Waals surface area contributed by atoms with Gasteiger partial charge < -0.3 is 0 Å². The maximum atomic E-state index is 4.57. The molecule has 22 heavy (non-hydrogen) atoms. The number of nitrogens with zero attached hydrogens (tertiary/aromatic N) is 6. The standard InChI is InChI=1S/C15H13BrN6/c1-8-9(2)22(12-5-4-11(16)6-17-12)14-13(8)15-19-10(3)20-21(15)7-18-14/h4-7H,1-3H3. The fraction of sp³-hybridized carbons (Fsp3) is 0.200. The Bertz CT molecular complexity index is 1010. The van der Waals surface area contributed by atoms with Gasteiger partial charge in [0.05, 0.1) is 5.39 Å². The van der Waals surface area contributed by atoms with E-state index in [9.17, 15) is 0 Å². The van der Waals surface area contributed by atoms with Crippen molar-refractivity contribution in [2.45, 2.75) is 20.8 Å². The molecular formula is C15H13BrN6. The Labute approximate surface area is 135 Å². The molecule has 0 N–H and O–H groups in total. The van der Waals surface area contributed by atoms with Gasteiger partial charge in [0, 0.05) is 16.4 Å². The second-order valence-electron chi connectivity index (χ2n) is 5.25. The van der Waals surface area contributed by atoms with E-state index in [0.29, 0.717) is 0 Å². The first-order chi connectivity index (χ1) is 10.6. The summed E-state index contributed by atoms with van der Waals surface area (Å²) in [6, 6.07) is 3.94. The minimum Gasteiger partial charge on any atom is -0.282 e. The molecule has 4 aromatic heterocycles. The largest absolute Gasteiger partial charge is 0.282 e. The van der Waals surface area contributed by atoms with Gasteiger partial charge in [-0.3, -0.25) is 4.57 Å². The Morgan fingerprint density at radius 2 is 1.86 bits per heavy atom. The number of aryl methyl sites for hydroxylation is 2. The Hall–Kier alpha value is -2.28. The topological polar surface area (TPSA) is 60.9 Å². The van der Waals surface area contributed by atoms with Crippen molar-refractivity contribution in [3.63, 3.8) is 0 Å². The summed E-state index contributed by atoms with van der Waals surface area (Å²) in [5.41, 5.74) is 3.93. The molecule has 0 unspecified atom stereocenters. The van der Waals surface area contributed by atoms with Crippen molar-refractivity contribution >= 4 is 32.6 Å². The summed E-state index contributed by atoms with van der Waals surface area (Å²) in [6.07, 6.45) is 3.49. The van der Waals surface area contributed by atoms with E-state index >= 15 is 0 Å². The predicted molar refractivity (Wildman–Crippen MR) is 87.3 cm³/mol. The molecule has 4 heterocycles. The van der Waals surface area contributed by atoms with E-state index in [4.69, 9.17) is 0 Å². The summed E-state index contributed by atoms with van der Waals surface area (Å²) < 4.78 is 4.73. The molecule has 0 spiro atoms. The third-order valence-electron chi connectivity index (χ3n) is 3.88. The number of halogens is 1. The van der Waals surface area contributed by atoms with E-state index in [1.807, 2.05) is 19.1 Å². The van der Waals surface area contributed by atoms with Gasteiger partial charge in [-0.1, -0.05) is 0 Å². The van der Waals surface area contributed by atoms with Gasteiger partial charge in [-0.05, 0) is 54.4 Å². The Balaban J connectivity index is 2.13. The average Bonchev–Trinajstić information content (AvgIpc) is 2.99. The zero-order valence-electron chi connectivity index (χ0n) is 12.4. The predicted octanol–water partition coefficient (Wildman–Crippen LogP) is 3.15. The van der Waals surface area contributed by atoms with Crippen LogP contribution in [0, 0.1) is 20.8 Å². The maximum absolute atomic E-state index is 4.57. The molecule has 0 aromatic carbocycles. The molecule has 7 heteroatoms. The normalized spacial score (nSPS) is 11.6. The van der Waals surface area contributed by atoms with Gasteiger partial charge in [-0.25, -0.2) is 19.5 Å². The first-order valence-electron chi connectivity index (χ1n) is 6.88. The van der Waals surface area contributed by atoms with Crippen LogP contribution in [0.4, 0.5) is 0 Å². The third-order valence-corrected chi connectivity index (χ3v) is 4.35. The van der Waals surface area contributed by atoms with Crippen LogP contribution >= 0.6 is 15.9 Å². The molecule has 0 aliphatic heterocycles. The van der Waals surface area contributed by atoms with Crippen LogP contribution in [0.15, 0.2) is 29.1 Å². The van der Waals surface area contributed by atoms with Gasteiger partial charge in [0.2, 0.25) is 0 Å². The van der Waals surface area contributed by atoms with Gasteiger partial charge in [0.25, 0.3) is 0 Å². The summed E-state index contributed by atoms with van der Waals surface area (Å²) in [4.78, 5) is 13.6. The van der Waals surface area contributed by atoms with E-state index in [0.717, 1.165) is 44.1 Å². The van der Waals surface area contributed by atoms with E-state index in [1.165, 1.54) is 0 Å².